The van der Waals surface area contributed by atoms with Crippen LogP contribution in [0.3, 0.4) is 0 Å². The summed E-state index contributed by atoms with van der Waals surface area (Å²) in [5, 5.41) is 12.6. The molecular weight excluding hydrogens is 234 g/mol. The van der Waals surface area contributed by atoms with Crippen LogP contribution in [0.4, 0.5) is 0 Å². The lowest BCUT2D eigenvalue weighted by Gasteiger charge is -2.30. The highest BCUT2D eigenvalue weighted by molar-refractivity contribution is 5.03. The van der Waals surface area contributed by atoms with Gasteiger partial charge >= 0.3 is 0 Å². The maximum absolute atomic E-state index is 9.26. The molecule has 0 bridgehead atoms. The third kappa shape index (κ3) is 6.40. The zero-order valence-corrected chi connectivity index (χ0v) is 13.0. The summed E-state index contributed by atoms with van der Waals surface area (Å²) in [6, 6.07) is 2.43. The molecule has 0 aliphatic heterocycles. The Labute approximate surface area is 119 Å². The van der Waals surface area contributed by atoms with Crippen LogP contribution < -0.4 is 5.32 Å². The van der Waals surface area contributed by atoms with E-state index in [1.54, 1.807) is 0 Å². The van der Waals surface area contributed by atoms with Crippen LogP contribution in [0.25, 0.3) is 0 Å². The molecule has 0 heterocycles. The first-order valence-electron chi connectivity index (χ1n) is 7.94. The van der Waals surface area contributed by atoms with E-state index in [0.29, 0.717) is 0 Å². The average molecular weight is 265 g/mol. The van der Waals surface area contributed by atoms with Gasteiger partial charge in [0.25, 0.3) is 0 Å². The zero-order chi connectivity index (χ0) is 14.1. The molecule has 3 nitrogen and oxygen atoms in total. The zero-order valence-electron chi connectivity index (χ0n) is 13.0. The largest absolute Gasteiger partial charge is 0.306 e. The SMILES string of the molecule is CCCNC(C)(C#N)CCCCN(C)CC1CCC1. The molecule has 1 aliphatic rings. The van der Waals surface area contributed by atoms with Crippen LogP contribution in [0.15, 0.2) is 0 Å². The van der Waals surface area contributed by atoms with Crippen molar-refractivity contribution in [1.29, 1.82) is 5.26 Å². The van der Waals surface area contributed by atoms with E-state index in [9.17, 15) is 5.26 Å². The van der Waals surface area contributed by atoms with Crippen LogP contribution in [0.2, 0.25) is 0 Å². The van der Waals surface area contributed by atoms with Crippen molar-refractivity contribution in [2.75, 3.05) is 26.7 Å². The van der Waals surface area contributed by atoms with Gasteiger partial charge < -0.3 is 4.90 Å². The minimum Gasteiger partial charge on any atom is -0.306 e. The highest BCUT2D eigenvalue weighted by Crippen LogP contribution is 2.26. The van der Waals surface area contributed by atoms with Crippen molar-refractivity contribution in [1.82, 2.24) is 10.2 Å². The van der Waals surface area contributed by atoms with Crippen LogP contribution in [0, 0.1) is 17.2 Å². The summed E-state index contributed by atoms with van der Waals surface area (Å²) in [4.78, 5) is 2.47. The Morgan fingerprint density at radius 3 is 2.63 bits per heavy atom. The lowest BCUT2D eigenvalue weighted by atomic mass is 9.85. The van der Waals surface area contributed by atoms with Crippen molar-refractivity contribution in [3.8, 4) is 6.07 Å². The maximum atomic E-state index is 9.26. The molecule has 0 amide bonds. The maximum Gasteiger partial charge on any atom is 0.103 e. The summed E-state index contributed by atoms with van der Waals surface area (Å²) in [6.45, 7) is 7.54. The van der Waals surface area contributed by atoms with Gasteiger partial charge in [0.15, 0.2) is 0 Å². The van der Waals surface area contributed by atoms with Crippen LogP contribution in [0.5, 0.6) is 0 Å². The van der Waals surface area contributed by atoms with E-state index in [4.69, 9.17) is 0 Å². The van der Waals surface area contributed by atoms with Gasteiger partial charge in [-0.2, -0.15) is 5.26 Å². The first-order valence-corrected chi connectivity index (χ1v) is 7.94. The van der Waals surface area contributed by atoms with Crippen molar-refractivity contribution in [2.24, 2.45) is 5.92 Å². The highest BCUT2D eigenvalue weighted by atomic mass is 15.1. The Morgan fingerprint density at radius 1 is 1.37 bits per heavy atom. The van der Waals surface area contributed by atoms with Crippen molar-refractivity contribution in [3.05, 3.63) is 0 Å². The Morgan fingerprint density at radius 2 is 2.11 bits per heavy atom. The fraction of sp³-hybridized carbons (Fsp3) is 0.938. The smallest absolute Gasteiger partial charge is 0.103 e. The standard InChI is InChI=1S/C16H31N3/c1-4-11-18-16(2,14-17)10-5-6-12-19(3)13-15-8-7-9-15/h15,18H,4-13H2,1-3H3. The minimum absolute atomic E-state index is 0.331. The molecule has 0 aromatic carbocycles. The molecule has 0 spiro atoms. The van der Waals surface area contributed by atoms with Gasteiger partial charge in [-0.25, -0.2) is 0 Å². The second kappa shape index (κ2) is 8.55. The van der Waals surface area contributed by atoms with E-state index in [2.05, 4.69) is 30.3 Å². The molecule has 110 valence electrons. The predicted molar refractivity (Wildman–Crippen MR) is 81.0 cm³/mol. The van der Waals surface area contributed by atoms with Gasteiger partial charge in [-0.3, -0.25) is 5.32 Å². The number of nitrogens with zero attached hydrogens (tertiary/aromatic N) is 2. The van der Waals surface area contributed by atoms with Gasteiger partial charge in [-0.1, -0.05) is 13.3 Å². The first kappa shape index (κ1) is 16.5. The molecule has 0 saturated heterocycles. The molecule has 1 aliphatic carbocycles. The molecule has 0 radical (unpaired) electrons. The summed E-state index contributed by atoms with van der Waals surface area (Å²) in [5.74, 6) is 0.959. The molecule has 19 heavy (non-hydrogen) atoms. The van der Waals surface area contributed by atoms with E-state index < -0.39 is 0 Å². The number of rotatable bonds is 10. The van der Waals surface area contributed by atoms with E-state index >= 15 is 0 Å². The molecule has 1 rings (SSSR count). The van der Waals surface area contributed by atoms with Crippen LogP contribution in [-0.2, 0) is 0 Å². The molecule has 0 aromatic heterocycles. The second-order valence-corrected chi connectivity index (χ2v) is 6.39. The van der Waals surface area contributed by atoms with Crippen molar-refractivity contribution in [3.63, 3.8) is 0 Å². The number of nitriles is 1. The summed E-state index contributed by atoms with van der Waals surface area (Å²) in [7, 11) is 2.23. The van der Waals surface area contributed by atoms with Gasteiger partial charge in [0.05, 0.1) is 6.07 Å². The third-order valence-electron chi connectivity index (χ3n) is 4.27. The second-order valence-electron chi connectivity index (χ2n) is 6.39. The molecule has 1 unspecified atom stereocenters. The summed E-state index contributed by atoms with van der Waals surface area (Å²) >= 11 is 0. The fourth-order valence-corrected chi connectivity index (χ4v) is 2.65. The average Bonchev–Trinajstić information content (AvgIpc) is 2.37. The van der Waals surface area contributed by atoms with Crippen molar-refractivity contribution >= 4 is 0 Å². The monoisotopic (exact) mass is 265 g/mol. The van der Waals surface area contributed by atoms with Gasteiger partial charge in [-0.15, -0.1) is 0 Å². The molecule has 0 aromatic rings. The van der Waals surface area contributed by atoms with Gasteiger partial charge in [0, 0.05) is 6.54 Å². The van der Waals surface area contributed by atoms with E-state index in [-0.39, 0.29) is 5.54 Å². The number of hydrogen-bond acceptors (Lipinski definition) is 3. The predicted octanol–water partition coefficient (Wildman–Crippen LogP) is 3.17. The summed E-state index contributed by atoms with van der Waals surface area (Å²) in [6.07, 6.45) is 8.67. The van der Waals surface area contributed by atoms with Crippen LogP contribution in [-0.4, -0.2) is 37.1 Å². The lowest BCUT2D eigenvalue weighted by Crippen LogP contribution is -2.41. The summed E-state index contributed by atoms with van der Waals surface area (Å²) < 4.78 is 0. The van der Waals surface area contributed by atoms with Crippen LogP contribution in [0.1, 0.15) is 58.8 Å². The van der Waals surface area contributed by atoms with Gasteiger partial charge in [0.2, 0.25) is 0 Å². The normalized spacial score (nSPS) is 18.9. The molecule has 1 fully saturated rings. The van der Waals surface area contributed by atoms with E-state index in [0.717, 1.165) is 31.7 Å². The van der Waals surface area contributed by atoms with Crippen LogP contribution >= 0.6 is 0 Å². The molecule has 3 heteroatoms. The molecule has 1 N–H and O–H groups in total. The first-order chi connectivity index (χ1) is 9.09. The summed E-state index contributed by atoms with van der Waals surface area (Å²) in [5.41, 5.74) is -0.331. The molecule has 1 atom stereocenters. The minimum atomic E-state index is -0.331. The van der Waals surface area contributed by atoms with Gasteiger partial charge in [0.1, 0.15) is 5.54 Å². The Kier molecular flexibility index (Phi) is 7.41. The number of unbranched alkanes of at least 4 members (excludes halogenated alkanes) is 1. The topological polar surface area (TPSA) is 39.1 Å². The van der Waals surface area contributed by atoms with E-state index in [1.807, 2.05) is 6.92 Å². The number of hydrogen-bond donors (Lipinski definition) is 1. The van der Waals surface area contributed by atoms with Gasteiger partial charge in [-0.05, 0) is 71.5 Å². The molecule has 1 saturated carbocycles. The Bertz CT molecular complexity index is 280. The third-order valence-corrected chi connectivity index (χ3v) is 4.27. The lowest BCUT2D eigenvalue weighted by molar-refractivity contribution is 0.202. The van der Waals surface area contributed by atoms with Crippen molar-refractivity contribution < 1.29 is 0 Å². The molecular formula is C16H31N3. The highest BCUT2D eigenvalue weighted by Gasteiger charge is 2.22. The number of nitrogens with one attached hydrogen (secondary N) is 1. The quantitative estimate of drug-likeness (QED) is 0.617. The fourth-order valence-electron chi connectivity index (χ4n) is 2.65. The van der Waals surface area contributed by atoms with Crippen molar-refractivity contribution in [2.45, 2.75) is 64.3 Å². The Hall–Kier alpha value is -0.590. The van der Waals surface area contributed by atoms with E-state index in [1.165, 1.54) is 38.8 Å². The Balaban J connectivity index is 2.09.